The molecule has 0 aliphatic heterocycles. The number of hydrogen-bond donors (Lipinski definition) is 1. The molecule has 0 spiro atoms. The van der Waals surface area contributed by atoms with Crippen molar-refractivity contribution in [3.8, 4) is 0 Å². The van der Waals surface area contributed by atoms with Crippen LogP contribution < -0.4 is 5.73 Å². The fourth-order valence-electron chi connectivity index (χ4n) is 1.91. The molecule has 1 amide bonds. The van der Waals surface area contributed by atoms with Crippen LogP contribution in [0.5, 0.6) is 0 Å². The predicted molar refractivity (Wildman–Crippen MR) is 88.1 cm³/mol. The normalized spacial score (nSPS) is 10.5. The molecule has 2 aromatic carbocycles. The zero-order valence-corrected chi connectivity index (χ0v) is 13.5. The van der Waals surface area contributed by atoms with E-state index in [-0.39, 0.29) is 5.91 Å². The van der Waals surface area contributed by atoms with E-state index in [4.69, 9.17) is 40.5 Å². The third-order valence-electron chi connectivity index (χ3n) is 2.99. The Morgan fingerprint density at radius 2 is 1.81 bits per heavy atom. The number of amides is 1. The molecule has 0 unspecified atom stereocenters. The maximum Gasteiger partial charge on any atom is 0.255 e. The molecule has 0 saturated carbocycles. The summed E-state index contributed by atoms with van der Waals surface area (Å²) in [7, 11) is 1.67. The van der Waals surface area contributed by atoms with Gasteiger partial charge in [0.1, 0.15) is 0 Å². The molecule has 2 rings (SSSR count). The Labute approximate surface area is 138 Å². The van der Waals surface area contributed by atoms with Gasteiger partial charge in [0.15, 0.2) is 0 Å². The van der Waals surface area contributed by atoms with Crippen LogP contribution in [0.3, 0.4) is 0 Å². The summed E-state index contributed by atoms with van der Waals surface area (Å²) in [6.45, 7) is 0.335. The molecule has 0 bridgehead atoms. The van der Waals surface area contributed by atoms with Gasteiger partial charge in [0.2, 0.25) is 0 Å². The number of rotatable bonds is 3. The number of hydrogen-bond acceptors (Lipinski definition) is 2. The van der Waals surface area contributed by atoms with Crippen molar-refractivity contribution in [1.82, 2.24) is 4.90 Å². The van der Waals surface area contributed by atoms with Crippen LogP contribution in [0.15, 0.2) is 36.4 Å². The van der Waals surface area contributed by atoms with Crippen molar-refractivity contribution in [2.24, 2.45) is 0 Å². The lowest BCUT2D eigenvalue weighted by molar-refractivity contribution is 0.0785. The highest BCUT2D eigenvalue weighted by molar-refractivity contribution is 6.36. The fourth-order valence-corrected chi connectivity index (χ4v) is 2.58. The molecular weight excluding hydrogens is 331 g/mol. The average Bonchev–Trinajstić information content (AvgIpc) is 2.42. The van der Waals surface area contributed by atoms with Gasteiger partial charge in [-0.2, -0.15) is 0 Å². The summed E-state index contributed by atoms with van der Waals surface area (Å²) in [5, 5.41) is 1.36. The average molecular weight is 344 g/mol. The Balaban J connectivity index is 2.21. The third kappa shape index (κ3) is 3.82. The summed E-state index contributed by atoms with van der Waals surface area (Å²) < 4.78 is 0. The van der Waals surface area contributed by atoms with Gasteiger partial charge in [0.25, 0.3) is 5.91 Å². The molecule has 110 valence electrons. The van der Waals surface area contributed by atoms with Gasteiger partial charge in [-0.15, -0.1) is 0 Å². The van der Waals surface area contributed by atoms with E-state index in [2.05, 4.69) is 0 Å². The first kappa shape index (κ1) is 16.0. The van der Waals surface area contributed by atoms with Crippen LogP contribution in [0.1, 0.15) is 15.9 Å². The van der Waals surface area contributed by atoms with Crippen LogP contribution in [0.2, 0.25) is 15.1 Å². The van der Waals surface area contributed by atoms with Crippen LogP contribution in [-0.2, 0) is 6.54 Å². The van der Waals surface area contributed by atoms with Gasteiger partial charge < -0.3 is 10.6 Å². The molecule has 2 N–H and O–H groups in total. The van der Waals surface area contributed by atoms with Crippen LogP contribution in [0, 0.1) is 0 Å². The maximum absolute atomic E-state index is 12.4. The van der Waals surface area contributed by atoms with Crippen LogP contribution in [0.4, 0.5) is 5.69 Å². The molecule has 0 radical (unpaired) electrons. The molecule has 0 aliphatic carbocycles. The Morgan fingerprint density at radius 1 is 1.10 bits per heavy atom. The van der Waals surface area contributed by atoms with E-state index >= 15 is 0 Å². The first-order chi connectivity index (χ1) is 9.88. The van der Waals surface area contributed by atoms with E-state index < -0.39 is 0 Å². The highest BCUT2D eigenvalue weighted by Crippen LogP contribution is 2.24. The Morgan fingerprint density at radius 3 is 2.48 bits per heavy atom. The molecule has 6 heteroatoms. The molecular formula is C15H13Cl3N2O. The number of anilines is 1. The lowest BCUT2D eigenvalue weighted by Gasteiger charge is -2.19. The lowest BCUT2D eigenvalue weighted by atomic mass is 10.1. The van der Waals surface area contributed by atoms with E-state index in [0.717, 1.165) is 5.56 Å². The van der Waals surface area contributed by atoms with Gasteiger partial charge in [-0.25, -0.2) is 0 Å². The number of carbonyl (C=O) groups excluding carboxylic acids is 1. The fraction of sp³-hybridized carbons (Fsp3) is 0.133. The van der Waals surface area contributed by atoms with Crippen molar-refractivity contribution in [2.45, 2.75) is 6.54 Å². The molecule has 0 atom stereocenters. The van der Waals surface area contributed by atoms with Crippen LogP contribution >= 0.6 is 34.8 Å². The summed E-state index contributed by atoms with van der Waals surface area (Å²) in [6.07, 6.45) is 0. The largest absolute Gasteiger partial charge is 0.399 e. The molecule has 0 aliphatic rings. The second kappa shape index (κ2) is 6.56. The summed E-state index contributed by atoms with van der Waals surface area (Å²) in [5.41, 5.74) is 7.50. The molecule has 3 nitrogen and oxygen atoms in total. The summed E-state index contributed by atoms with van der Waals surface area (Å²) in [5.74, 6) is -0.213. The highest BCUT2D eigenvalue weighted by atomic mass is 35.5. The summed E-state index contributed by atoms with van der Waals surface area (Å²) in [4.78, 5) is 13.9. The van der Waals surface area contributed by atoms with E-state index in [0.29, 0.717) is 32.9 Å². The van der Waals surface area contributed by atoms with Gasteiger partial charge in [-0.3, -0.25) is 4.79 Å². The summed E-state index contributed by atoms with van der Waals surface area (Å²) in [6, 6.07) is 9.93. The quantitative estimate of drug-likeness (QED) is 0.834. The standard InChI is InChI=1S/C15H13Cl3N2O/c1-20(8-9-6-11(19)3-5-13(9)17)15(21)12-4-2-10(16)7-14(12)18/h2-7H,8,19H2,1H3. The first-order valence-electron chi connectivity index (χ1n) is 6.13. The van der Waals surface area contributed by atoms with E-state index in [1.54, 1.807) is 37.4 Å². The molecule has 0 aromatic heterocycles. The lowest BCUT2D eigenvalue weighted by Crippen LogP contribution is -2.26. The molecule has 21 heavy (non-hydrogen) atoms. The molecule has 2 aromatic rings. The first-order valence-corrected chi connectivity index (χ1v) is 7.26. The number of halogens is 3. The monoisotopic (exact) mass is 342 g/mol. The molecule has 0 fully saturated rings. The number of benzene rings is 2. The Hall–Kier alpha value is -1.42. The Kier molecular flexibility index (Phi) is 4.99. The zero-order valence-electron chi connectivity index (χ0n) is 11.2. The van der Waals surface area contributed by atoms with Crippen molar-refractivity contribution < 1.29 is 4.79 Å². The van der Waals surface area contributed by atoms with Gasteiger partial charge in [0, 0.05) is 29.3 Å². The maximum atomic E-state index is 12.4. The third-order valence-corrected chi connectivity index (χ3v) is 3.90. The molecule has 0 saturated heterocycles. The van der Waals surface area contributed by atoms with E-state index in [9.17, 15) is 4.79 Å². The predicted octanol–water partition coefficient (Wildman–Crippen LogP) is 4.50. The van der Waals surface area contributed by atoms with E-state index in [1.807, 2.05) is 0 Å². The van der Waals surface area contributed by atoms with Crippen molar-refractivity contribution in [3.63, 3.8) is 0 Å². The number of nitrogens with zero attached hydrogens (tertiary/aromatic N) is 1. The van der Waals surface area contributed by atoms with Crippen molar-refractivity contribution >= 4 is 46.4 Å². The van der Waals surface area contributed by atoms with E-state index in [1.165, 1.54) is 11.0 Å². The summed E-state index contributed by atoms with van der Waals surface area (Å²) >= 11 is 18.0. The van der Waals surface area contributed by atoms with Crippen LogP contribution in [-0.4, -0.2) is 17.9 Å². The van der Waals surface area contributed by atoms with Crippen LogP contribution in [0.25, 0.3) is 0 Å². The SMILES string of the molecule is CN(Cc1cc(N)ccc1Cl)C(=O)c1ccc(Cl)cc1Cl. The minimum Gasteiger partial charge on any atom is -0.399 e. The second-order valence-corrected chi connectivity index (χ2v) is 5.89. The number of carbonyl (C=O) groups is 1. The van der Waals surface area contributed by atoms with Gasteiger partial charge in [0.05, 0.1) is 10.6 Å². The number of nitrogens with two attached hydrogens (primary N) is 1. The highest BCUT2D eigenvalue weighted by Gasteiger charge is 2.16. The zero-order chi connectivity index (χ0) is 15.6. The number of nitrogen functional groups attached to an aromatic ring is 1. The van der Waals surface area contributed by atoms with Crippen molar-refractivity contribution in [3.05, 3.63) is 62.6 Å². The van der Waals surface area contributed by atoms with Gasteiger partial charge >= 0.3 is 0 Å². The minimum absolute atomic E-state index is 0.213. The van der Waals surface area contributed by atoms with Gasteiger partial charge in [-0.05, 0) is 42.0 Å². The topological polar surface area (TPSA) is 46.3 Å². The second-order valence-electron chi connectivity index (χ2n) is 4.64. The molecule has 0 heterocycles. The smallest absolute Gasteiger partial charge is 0.255 e. The van der Waals surface area contributed by atoms with Crippen molar-refractivity contribution in [1.29, 1.82) is 0 Å². The minimum atomic E-state index is -0.213. The van der Waals surface area contributed by atoms with Gasteiger partial charge in [-0.1, -0.05) is 34.8 Å². The van der Waals surface area contributed by atoms with Crippen molar-refractivity contribution in [2.75, 3.05) is 12.8 Å². The Bertz CT molecular complexity index is 689.